The van der Waals surface area contributed by atoms with Crippen LogP contribution >= 0.6 is 0 Å². The molecule has 0 radical (unpaired) electrons. The molecule has 1 aliphatic rings. The van der Waals surface area contributed by atoms with Gasteiger partial charge in [-0.2, -0.15) is 0 Å². The summed E-state index contributed by atoms with van der Waals surface area (Å²) < 4.78 is 4.94. The van der Waals surface area contributed by atoms with E-state index in [1.165, 1.54) is 18.2 Å². The first kappa shape index (κ1) is 18.7. The van der Waals surface area contributed by atoms with Crippen LogP contribution in [0.1, 0.15) is 44.0 Å². The highest BCUT2D eigenvalue weighted by Crippen LogP contribution is 2.31. The second kappa shape index (κ2) is 7.96. The van der Waals surface area contributed by atoms with Crippen molar-refractivity contribution in [2.24, 2.45) is 5.92 Å². The molecule has 25 heavy (non-hydrogen) atoms. The Morgan fingerprint density at radius 1 is 1.32 bits per heavy atom. The van der Waals surface area contributed by atoms with Crippen molar-refractivity contribution in [1.29, 1.82) is 0 Å². The number of nitro benzene ring substituents is 1. The van der Waals surface area contributed by atoms with Gasteiger partial charge in [0.05, 0.1) is 10.5 Å². The first-order valence-electron chi connectivity index (χ1n) is 8.29. The molecule has 136 valence electrons. The maximum atomic E-state index is 12.0. The number of nitrogens with zero attached hydrogens (tertiary/aromatic N) is 1. The Hall–Kier alpha value is -2.64. The van der Waals surface area contributed by atoms with Crippen molar-refractivity contribution in [2.75, 3.05) is 11.9 Å². The average Bonchev–Trinajstić information content (AvgIpc) is 3.36. The maximum absolute atomic E-state index is 12.0. The number of carbonyl (C=O) groups is 2. The number of hydrogen-bond acceptors (Lipinski definition) is 6. The summed E-state index contributed by atoms with van der Waals surface area (Å²) >= 11 is 0. The van der Waals surface area contributed by atoms with E-state index >= 15 is 0 Å². The van der Waals surface area contributed by atoms with Gasteiger partial charge in [0.2, 0.25) is 0 Å². The molecule has 0 aliphatic heterocycles. The summed E-state index contributed by atoms with van der Waals surface area (Å²) in [7, 11) is 0. The van der Waals surface area contributed by atoms with Crippen LogP contribution in [0.25, 0.3) is 0 Å². The predicted octanol–water partition coefficient (Wildman–Crippen LogP) is 2.49. The molecule has 0 heterocycles. The third-order valence-electron chi connectivity index (χ3n) is 4.09. The second-order valence-corrected chi connectivity index (χ2v) is 6.58. The Morgan fingerprint density at radius 3 is 2.56 bits per heavy atom. The fraction of sp³-hybridized carbons (Fsp3) is 0.529. The number of nitrogens with one attached hydrogen (secondary N) is 2. The topological polar surface area (TPSA) is 111 Å². The van der Waals surface area contributed by atoms with E-state index < -0.39 is 23.4 Å². The lowest BCUT2D eigenvalue weighted by atomic mass is 10.1. The number of anilines is 1. The fourth-order valence-corrected chi connectivity index (χ4v) is 2.06. The number of carbonyl (C=O) groups excluding carboxylic acids is 2. The van der Waals surface area contributed by atoms with Crippen molar-refractivity contribution >= 4 is 23.3 Å². The summed E-state index contributed by atoms with van der Waals surface area (Å²) in [5.41, 5.74) is 0.240. The Morgan fingerprint density at radius 2 is 2.00 bits per heavy atom. The molecule has 2 N–H and O–H groups in total. The Bertz CT molecular complexity index is 670. The molecule has 1 saturated carbocycles. The van der Waals surface area contributed by atoms with E-state index in [4.69, 9.17) is 4.74 Å². The van der Waals surface area contributed by atoms with Gasteiger partial charge in [0.25, 0.3) is 11.6 Å². The molecule has 0 bridgehead atoms. The highest BCUT2D eigenvalue weighted by Gasteiger charge is 2.26. The van der Waals surface area contributed by atoms with Crippen molar-refractivity contribution in [3.63, 3.8) is 0 Å². The van der Waals surface area contributed by atoms with Crippen molar-refractivity contribution in [1.82, 2.24) is 5.32 Å². The average molecular weight is 349 g/mol. The molecule has 8 heteroatoms. The van der Waals surface area contributed by atoms with E-state index in [0.717, 1.165) is 12.8 Å². The van der Waals surface area contributed by atoms with E-state index in [2.05, 4.69) is 10.6 Å². The lowest BCUT2D eigenvalue weighted by molar-refractivity contribution is -0.384. The van der Waals surface area contributed by atoms with E-state index in [1.54, 1.807) is 0 Å². The number of hydrogen-bond donors (Lipinski definition) is 2. The van der Waals surface area contributed by atoms with Gasteiger partial charge in [0, 0.05) is 18.2 Å². The van der Waals surface area contributed by atoms with E-state index in [9.17, 15) is 19.7 Å². The van der Waals surface area contributed by atoms with Crippen LogP contribution in [0, 0.1) is 16.0 Å². The van der Waals surface area contributed by atoms with Gasteiger partial charge in [-0.15, -0.1) is 0 Å². The lowest BCUT2D eigenvalue weighted by Gasteiger charge is -2.17. The zero-order chi connectivity index (χ0) is 18.6. The van der Waals surface area contributed by atoms with Crippen LogP contribution in [0.5, 0.6) is 0 Å². The Labute approximate surface area is 146 Å². The minimum absolute atomic E-state index is 0.0396. The van der Waals surface area contributed by atoms with Crippen LogP contribution in [-0.4, -0.2) is 35.5 Å². The summed E-state index contributed by atoms with van der Waals surface area (Å²) in [5, 5.41) is 17.0. The van der Waals surface area contributed by atoms with E-state index in [1.807, 2.05) is 20.8 Å². The SMILES string of the molecule is CC(C)[C@@H](C)NC(=O)COC(=O)c1ccc(NC2CC2)c([N+](=O)[O-])c1. The predicted molar refractivity (Wildman–Crippen MR) is 92.5 cm³/mol. The summed E-state index contributed by atoms with van der Waals surface area (Å²) in [6, 6.07) is 4.33. The third kappa shape index (κ3) is 5.44. The molecule has 1 aromatic carbocycles. The second-order valence-electron chi connectivity index (χ2n) is 6.58. The van der Waals surface area contributed by atoms with Crippen LogP contribution in [0.3, 0.4) is 0 Å². The van der Waals surface area contributed by atoms with Crippen LogP contribution < -0.4 is 10.6 Å². The smallest absolute Gasteiger partial charge is 0.338 e. The number of amides is 1. The number of rotatable bonds is 8. The summed E-state index contributed by atoms with van der Waals surface area (Å²) in [4.78, 5) is 34.4. The number of esters is 1. The van der Waals surface area contributed by atoms with Gasteiger partial charge < -0.3 is 15.4 Å². The minimum Gasteiger partial charge on any atom is -0.452 e. The zero-order valence-corrected chi connectivity index (χ0v) is 14.6. The largest absolute Gasteiger partial charge is 0.452 e. The molecule has 1 atom stereocenters. The molecule has 1 aliphatic carbocycles. The number of benzene rings is 1. The summed E-state index contributed by atoms with van der Waals surface area (Å²) in [6.45, 7) is 5.37. The van der Waals surface area contributed by atoms with Gasteiger partial charge in [-0.25, -0.2) is 4.79 Å². The van der Waals surface area contributed by atoms with Gasteiger partial charge in [-0.05, 0) is 37.8 Å². The quantitative estimate of drug-likeness (QED) is 0.424. The molecule has 8 nitrogen and oxygen atoms in total. The van der Waals surface area contributed by atoms with E-state index in [0.29, 0.717) is 5.69 Å². The van der Waals surface area contributed by atoms with E-state index in [-0.39, 0.29) is 29.3 Å². The highest BCUT2D eigenvalue weighted by atomic mass is 16.6. The van der Waals surface area contributed by atoms with Crippen LogP contribution in [0.4, 0.5) is 11.4 Å². The van der Waals surface area contributed by atoms with Crippen molar-refractivity contribution < 1.29 is 19.2 Å². The minimum atomic E-state index is -0.770. The fourth-order valence-electron chi connectivity index (χ4n) is 2.06. The molecular formula is C17H23N3O5. The monoisotopic (exact) mass is 349 g/mol. The molecule has 0 unspecified atom stereocenters. The molecule has 1 fully saturated rings. The number of nitro groups is 1. The molecule has 1 amide bonds. The first-order valence-corrected chi connectivity index (χ1v) is 8.29. The molecule has 1 aromatic rings. The maximum Gasteiger partial charge on any atom is 0.338 e. The van der Waals surface area contributed by atoms with Crippen molar-refractivity contribution in [3.8, 4) is 0 Å². The Balaban J connectivity index is 1.97. The Kier molecular flexibility index (Phi) is 5.95. The summed E-state index contributed by atoms with van der Waals surface area (Å²) in [5.74, 6) is -0.918. The normalized spacial score (nSPS) is 14.7. The van der Waals surface area contributed by atoms with Gasteiger partial charge in [-0.3, -0.25) is 14.9 Å². The molecule has 0 spiro atoms. The van der Waals surface area contributed by atoms with Crippen LogP contribution in [-0.2, 0) is 9.53 Å². The van der Waals surface area contributed by atoms with Crippen molar-refractivity contribution in [3.05, 3.63) is 33.9 Å². The van der Waals surface area contributed by atoms with Gasteiger partial charge >= 0.3 is 5.97 Å². The first-order chi connectivity index (χ1) is 11.8. The van der Waals surface area contributed by atoms with Crippen LogP contribution in [0.2, 0.25) is 0 Å². The highest BCUT2D eigenvalue weighted by molar-refractivity contribution is 5.93. The number of ether oxygens (including phenoxy) is 1. The van der Waals surface area contributed by atoms with Gasteiger partial charge in [-0.1, -0.05) is 13.8 Å². The molecule has 0 aromatic heterocycles. The molecular weight excluding hydrogens is 326 g/mol. The standard InChI is InChI=1S/C17H23N3O5/c1-10(2)11(3)18-16(21)9-25-17(22)12-4-7-14(19-13-5-6-13)15(8-12)20(23)24/h4,7-8,10-11,13,19H,5-6,9H2,1-3H3,(H,18,21)/t11-/m1/s1. The van der Waals surface area contributed by atoms with Gasteiger partial charge in [0.15, 0.2) is 6.61 Å². The van der Waals surface area contributed by atoms with Crippen molar-refractivity contribution in [2.45, 2.75) is 45.7 Å². The van der Waals surface area contributed by atoms with Crippen LogP contribution in [0.15, 0.2) is 18.2 Å². The third-order valence-corrected chi connectivity index (χ3v) is 4.09. The zero-order valence-electron chi connectivity index (χ0n) is 14.6. The van der Waals surface area contributed by atoms with Gasteiger partial charge in [0.1, 0.15) is 5.69 Å². The molecule has 2 rings (SSSR count). The molecule has 0 saturated heterocycles. The lowest BCUT2D eigenvalue weighted by Crippen LogP contribution is -2.38. The summed E-state index contributed by atoms with van der Waals surface area (Å²) in [6.07, 6.45) is 1.95.